The molecule has 6 nitrogen and oxygen atoms in total. The van der Waals surface area contributed by atoms with Crippen molar-refractivity contribution >= 4 is 17.7 Å². The fraction of sp³-hybridized carbons (Fsp3) is 0.812. The Bertz CT molecular complexity index is 436. The van der Waals surface area contributed by atoms with Gasteiger partial charge in [0.05, 0.1) is 6.61 Å². The number of rotatable bonds is 4. The normalized spacial score (nSPS) is 29.0. The lowest BCUT2D eigenvalue weighted by atomic mass is 9.92. The Kier molecular flexibility index (Phi) is 5.94. The van der Waals surface area contributed by atoms with Crippen LogP contribution in [0.25, 0.3) is 0 Å². The number of Topliss-reactive ketones (excluding diaryl/α,β-unsaturated/α-hetero) is 1. The molecule has 0 aromatic heterocycles. The number of amides is 1. The Morgan fingerprint density at radius 3 is 2.64 bits per heavy atom. The van der Waals surface area contributed by atoms with Crippen LogP contribution in [0.15, 0.2) is 0 Å². The Labute approximate surface area is 131 Å². The van der Waals surface area contributed by atoms with Crippen LogP contribution in [-0.2, 0) is 23.9 Å². The van der Waals surface area contributed by atoms with E-state index in [4.69, 9.17) is 9.47 Å². The number of esters is 1. The first-order valence-electron chi connectivity index (χ1n) is 8.19. The van der Waals surface area contributed by atoms with Gasteiger partial charge in [-0.1, -0.05) is 6.92 Å². The van der Waals surface area contributed by atoms with Crippen LogP contribution in [0, 0.1) is 5.92 Å². The molecular weight excluding hydrogens is 286 g/mol. The van der Waals surface area contributed by atoms with Gasteiger partial charge in [-0.25, -0.2) is 4.79 Å². The predicted octanol–water partition coefficient (Wildman–Crippen LogP) is 1.31. The number of piperidine rings is 1. The second-order valence-electron chi connectivity index (χ2n) is 6.04. The first-order chi connectivity index (χ1) is 10.6. The minimum Gasteiger partial charge on any atom is -0.464 e. The van der Waals surface area contributed by atoms with Crippen molar-refractivity contribution in [2.45, 2.75) is 58.1 Å². The molecule has 0 aromatic rings. The molecule has 2 aliphatic heterocycles. The standard InChI is InChI=1S/C16H25NO5/c1-3-21-16(20)12-8-4-5-9-17(12)15(19)13(18)14-11(2)7-6-10-22-14/h11-12,14H,3-10H2,1-2H3. The summed E-state index contributed by atoms with van der Waals surface area (Å²) in [6.45, 7) is 4.86. The molecule has 3 atom stereocenters. The number of nitrogens with zero attached hydrogens (tertiary/aromatic N) is 1. The Hall–Kier alpha value is -1.43. The number of ketones is 1. The minimum atomic E-state index is -0.675. The summed E-state index contributed by atoms with van der Waals surface area (Å²) >= 11 is 0. The van der Waals surface area contributed by atoms with E-state index in [9.17, 15) is 14.4 Å². The lowest BCUT2D eigenvalue weighted by Gasteiger charge is -2.35. The maximum atomic E-state index is 12.6. The summed E-state index contributed by atoms with van der Waals surface area (Å²) in [6.07, 6.45) is 3.33. The van der Waals surface area contributed by atoms with Gasteiger partial charge in [0.2, 0.25) is 5.78 Å². The lowest BCUT2D eigenvalue weighted by Crippen LogP contribution is -2.54. The molecule has 2 rings (SSSR count). The van der Waals surface area contributed by atoms with Crippen molar-refractivity contribution in [2.75, 3.05) is 19.8 Å². The van der Waals surface area contributed by atoms with Crippen LogP contribution in [-0.4, -0.2) is 54.5 Å². The van der Waals surface area contributed by atoms with Crippen LogP contribution in [0.4, 0.5) is 0 Å². The van der Waals surface area contributed by atoms with Crippen molar-refractivity contribution in [2.24, 2.45) is 5.92 Å². The van der Waals surface area contributed by atoms with Gasteiger partial charge >= 0.3 is 5.97 Å². The summed E-state index contributed by atoms with van der Waals surface area (Å²) in [5.74, 6) is -1.50. The smallest absolute Gasteiger partial charge is 0.328 e. The van der Waals surface area contributed by atoms with E-state index in [-0.39, 0.29) is 12.5 Å². The molecule has 0 aliphatic carbocycles. The van der Waals surface area contributed by atoms with Crippen LogP contribution >= 0.6 is 0 Å². The van der Waals surface area contributed by atoms with E-state index in [1.165, 1.54) is 4.90 Å². The molecular formula is C16H25NO5. The monoisotopic (exact) mass is 311 g/mol. The van der Waals surface area contributed by atoms with Gasteiger partial charge in [-0.15, -0.1) is 0 Å². The fourth-order valence-corrected chi connectivity index (χ4v) is 3.19. The molecule has 2 aliphatic rings. The van der Waals surface area contributed by atoms with Crippen molar-refractivity contribution in [3.63, 3.8) is 0 Å². The Balaban J connectivity index is 2.07. The summed E-state index contributed by atoms with van der Waals surface area (Å²) in [4.78, 5) is 38.4. The predicted molar refractivity (Wildman–Crippen MR) is 79.1 cm³/mol. The SMILES string of the molecule is CCOC(=O)C1CCCCN1C(=O)C(=O)C1OCCCC1C. The van der Waals surface area contributed by atoms with Gasteiger partial charge in [-0.3, -0.25) is 9.59 Å². The van der Waals surface area contributed by atoms with Crippen molar-refractivity contribution < 1.29 is 23.9 Å². The highest BCUT2D eigenvalue weighted by Gasteiger charge is 2.40. The Morgan fingerprint density at radius 2 is 1.95 bits per heavy atom. The molecule has 0 N–H and O–H groups in total. The molecule has 2 saturated heterocycles. The summed E-state index contributed by atoms with van der Waals surface area (Å²) in [5, 5.41) is 0. The van der Waals surface area contributed by atoms with Crippen molar-refractivity contribution in [1.29, 1.82) is 0 Å². The molecule has 0 bridgehead atoms. The quantitative estimate of drug-likeness (QED) is 0.578. The van der Waals surface area contributed by atoms with E-state index in [0.29, 0.717) is 19.6 Å². The van der Waals surface area contributed by atoms with Gasteiger partial charge in [-0.05, 0) is 44.9 Å². The number of hydrogen-bond acceptors (Lipinski definition) is 5. The molecule has 1 amide bonds. The summed E-state index contributed by atoms with van der Waals surface area (Å²) in [7, 11) is 0. The Morgan fingerprint density at radius 1 is 1.18 bits per heavy atom. The van der Waals surface area contributed by atoms with Crippen molar-refractivity contribution in [1.82, 2.24) is 4.90 Å². The number of likely N-dealkylation sites (tertiary alicyclic amines) is 1. The number of carbonyl (C=O) groups is 3. The molecule has 0 saturated carbocycles. The van der Waals surface area contributed by atoms with E-state index >= 15 is 0 Å². The van der Waals surface area contributed by atoms with Crippen molar-refractivity contribution in [3.05, 3.63) is 0 Å². The van der Waals surface area contributed by atoms with E-state index in [1.54, 1.807) is 6.92 Å². The molecule has 0 aromatic carbocycles. The van der Waals surface area contributed by atoms with E-state index in [2.05, 4.69) is 0 Å². The minimum absolute atomic E-state index is 0.0380. The van der Waals surface area contributed by atoms with E-state index < -0.39 is 29.8 Å². The zero-order valence-corrected chi connectivity index (χ0v) is 13.4. The summed E-state index contributed by atoms with van der Waals surface area (Å²) in [5.41, 5.74) is 0. The van der Waals surface area contributed by atoms with Gasteiger partial charge in [-0.2, -0.15) is 0 Å². The zero-order chi connectivity index (χ0) is 16.1. The van der Waals surface area contributed by atoms with Crippen LogP contribution in [0.1, 0.15) is 46.0 Å². The fourth-order valence-electron chi connectivity index (χ4n) is 3.19. The highest BCUT2D eigenvalue weighted by atomic mass is 16.5. The van der Waals surface area contributed by atoms with E-state index in [0.717, 1.165) is 25.7 Å². The molecule has 2 heterocycles. The number of carbonyl (C=O) groups excluding carboxylic acids is 3. The van der Waals surface area contributed by atoms with Gasteiger partial charge < -0.3 is 14.4 Å². The lowest BCUT2D eigenvalue weighted by molar-refractivity contribution is -0.163. The largest absolute Gasteiger partial charge is 0.464 e. The number of hydrogen-bond donors (Lipinski definition) is 0. The van der Waals surface area contributed by atoms with E-state index in [1.807, 2.05) is 6.92 Å². The topological polar surface area (TPSA) is 72.9 Å². The third-order valence-electron chi connectivity index (χ3n) is 4.41. The molecule has 6 heteroatoms. The summed E-state index contributed by atoms with van der Waals surface area (Å²) < 4.78 is 10.5. The van der Waals surface area contributed by atoms with Crippen LogP contribution in [0.5, 0.6) is 0 Å². The van der Waals surface area contributed by atoms with Crippen molar-refractivity contribution in [3.8, 4) is 0 Å². The first-order valence-corrected chi connectivity index (χ1v) is 8.19. The van der Waals surface area contributed by atoms with Gasteiger partial charge in [0.25, 0.3) is 5.91 Å². The van der Waals surface area contributed by atoms with Crippen LogP contribution in [0.3, 0.4) is 0 Å². The molecule has 2 fully saturated rings. The molecule has 0 radical (unpaired) electrons. The highest BCUT2D eigenvalue weighted by molar-refractivity contribution is 6.38. The third-order valence-corrected chi connectivity index (χ3v) is 4.41. The first kappa shape index (κ1) is 16.9. The summed E-state index contributed by atoms with van der Waals surface area (Å²) in [6, 6.07) is -0.635. The van der Waals surface area contributed by atoms with Gasteiger partial charge in [0, 0.05) is 13.2 Å². The second-order valence-corrected chi connectivity index (χ2v) is 6.04. The van der Waals surface area contributed by atoms with Crippen LogP contribution < -0.4 is 0 Å². The van der Waals surface area contributed by atoms with Gasteiger partial charge in [0.15, 0.2) is 0 Å². The molecule has 0 spiro atoms. The maximum Gasteiger partial charge on any atom is 0.328 e. The molecule has 124 valence electrons. The van der Waals surface area contributed by atoms with Gasteiger partial charge in [0.1, 0.15) is 12.1 Å². The zero-order valence-electron chi connectivity index (χ0n) is 13.4. The highest BCUT2D eigenvalue weighted by Crippen LogP contribution is 2.24. The maximum absolute atomic E-state index is 12.6. The third kappa shape index (κ3) is 3.66. The molecule has 22 heavy (non-hydrogen) atoms. The molecule has 3 unspecified atom stereocenters. The second kappa shape index (κ2) is 7.72. The average molecular weight is 311 g/mol. The number of ether oxygens (including phenoxy) is 2. The van der Waals surface area contributed by atoms with Crippen LogP contribution in [0.2, 0.25) is 0 Å². The average Bonchev–Trinajstić information content (AvgIpc) is 2.54.